The van der Waals surface area contributed by atoms with Gasteiger partial charge in [-0.25, -0.2) is 0 Å². The van der Waals surface area contributed by atoms with Gasteiger partial charge in [0.1, 0.15) is 0 Å². The van der Waals surface area contributed by atoms with Crippen LogP contribution in [-0.4, -0.2) is 33.7 Å². The molecule has 1 amide bonds. The van der Waals surface area contributed by atoms with Crippen LogP contribution in [0.3, 0.4) is 0 Å². The molecular weight excluding hydrogens is 214 g/mol. The number of rotatable bonds is 5. The van der Waals surface area contributed by atoms with E-state index in [1.54, 1.807) is 0 Å². The van der Waals surface area contributed by atoms with Crippen LogP contribution in [0.15, 0.2) is 10.9 Å². The highest BCUT2D eigenvalue weighted by molar-refractivity contribution is 5.89. The zero-order valence-corrected chi connectivity index (χ0v) is 8.42. The summed E-state index contributed by atoms with van der Waals surface area (Å²) in [5.41, 5.74) is 0. The van der Waals surface area contributed by atoms with Gasteiger partial charge in [0.05, 0.1) is 11.8 Å². The first kappa shape index (κ1) is 10.6. The van der Waals surface area contributed by atoms with Gasteiger partial charge < -0.3 is 14.9 Å². The third-order valence-corrected chi connectivity index (χ3v) is 2.49. The molecule has 7 heteroatoms. The van der Waals surface area contributed by atoms with E-state index in [0.29, 0.717) is 25.3 Å². The van der Waals surface area contributed by atoms with E-state index in [-0.39, 0.29) is 11.8 Å². The summed E-state index contributed by atoms with van der Waals surface area (Å²) in [6, 6.07) is 0. The number of amides is 1. The molecule has 7 nitrogen and oxygen atoms in total. The normalized spacial score (nSPS) is 22.8. The molecule has 16 heavy (non-hydrogen) atoms. The standard InChI is InChI=1S/C9H11N3O4/c13-8(5-3-6(5)9(14)15)10-2-1-7-11-4-12-16-7/h4-6H,1-3H2,(H,10,13)(H,14,15). The third-order valence-electron chi connectivity index (χ3n) is 2.49. The Morgan fingerprint density at radius 2 is 2.38 bits per heavy atom. The van der Waals surface area contributed by atoms with Gasteiger partial charge in [0.15, 0.2) is 6.33 Å². The van der Waals surface area contributed by atoms with E-state index in [1.807, 2.05) is 0 Å². The van der Waals surface area contributed by atoms with Crippen LogP contribution < -0.4 is 5.32 Å². The maximum absolute atomic E-state index is 11.4. The highest BCUT2D eigenvalue weighted by atomic mass is 16.5. The maximum atomic E-state index is 11.4. The van der Waals surface area contributed by atoms with Crippen LogP contribution >= 0.6 is 0 Å². The summed E-state index contributed by atoms with van der Waals surface area (Å²) < 4.78 is 4.74. The molecule has 0 aromatic carbocycles. The first-order valence-corrected chi connectivity index (χ1v) is 4.94. The van der Waals surface area contributed by atoms with Gasteiger partial charge in [-0.15, -0.1) is 0 Å². The second-order valence-corrected chi connectivity index (χ2v) is 3.66. The lowest BCUT2D eigenvalue weighted by Gasteiger charge is -2.01. The van der Waals surface area contributed by atoms with Gasteiger partial charge in [0.25, 0.3) is 0 Å². The van der Waals surface area contributed by atoms with Gasteiger partial charge >= 0.3 is 5.97 Å². The Balaban J connectivity index is 1.68. The van der Waals surface area contributed by atoms with Crippen LogP contribution in [0, 0.1) is 11.8 Å². The fraction of sp³-hybridized carbons (Fsp3) is 0.556. The van der Waals surface area contributed by atoms with Crippen molar-refractivity contribution in [3.05, 3.63) is 12.2 Å². The molecule has 1 aromatic rings. The fourth-order valence-electron chi connectivity index (χ4n) is 1.49. The molecule has 0 aliphatic heterocycles. The lowest BCUT2D eigenvalue weighted by atomic mass is 10.3. The van der Waals surface area contributed by atoms with Crippen molar-refractivity contribution < 1.29 is 19.2 Å². The highest BCUT2D eigenvalue weighted by Gasteiger charge is 2.48. The summed E-state index contributed by atoms with van der Waals surface area (Å²) in [6.07, 6.45) is 2.18. The average molecular weight is 225 g/mol. The van der Waals surface area contributed by atoms with E-state index in [4.69, 9.17) is 9.63 Å². The van der Waals surface area contributed by atoms with Gasteiger partial charge in [-0.2, -0.15) is 4.98 Å². The van der Waals surface area contributed by atoms with E-state index in [1.165, 1.54) is 6.33 Å². The Morgan fingerprint density at radius 3 is 2.94 bits per heavy atom. The molecule has 2 rings (SSSR count). The molecule has 2 N–H and O–H groups in total. The van der Waals surface area contributed by atoms with Crippen molar-refractivity contribution >= 4 is 11.9 Å². The molecule has 1 aliphatic rings. The number of carbonyl (C=O) groups excluding carboxylic acids is 1. The second kappa shape index (κ2) is 4.30. The molecule has 1 aliphatic carbocycles. The van der Waals surface area contributed by atoms with Crippen LogP contribution in [-0.2, 0) is 16.0 Å². The number of hydrogen-bond acceptors (Lipinski definition) is 5. The minimum atomic E-state index is -0.906. The molecule has 1 fully saturated rings. The van der Waals surface area contributed by atoms with Gasteiger partial charge in [-0.1, -0.05) is 5.16 Å². The molecule has 1 saturated carbocycles. The topological polar surface area (TPSA) is 105 Å². The Bertz CT molecular complexity index is 389. The van der Waals surface area contributed by atoms with E-state index < -0.39 is 11.9 Å². The first-order valence-electron chi connectivity index (χ1n) is 4.94. The van der Waals surface area contributed by atoms with Gasteiger partial charge in [-0.3, -0.25) is 9.59 Å². The predicted molar refractivity (Wildman–Crippen MR) is 50.2 cm³/mol. The monoisotopic (exact) mass is 225 g/mol. The van der Waals surface area contributed by atoms with Crippen molar-refractivity contribution in [2.45, 2.75) is 12.8 Å². The Labute approximate surface area is 90.8 Å². The Morgan fingerprint density at radius 1 is 1.56 bits per heavy atom. The highest BCUT2D eigenvalue weighted by Crippen LogP contribution is 2.38. The molecule has 2 atom stereocenters. The van der Waals surface area contributed by atoms with Crippen molar-refractivity contribution in [1.29, 1.82) is 0 Å². The number of hydrogen-bond donors (Lipinski definition) is 2. The number of aliphatic carboxylic acids is 1. The summed E-state index contributed by atoms with van der Waals surface area (Å²) in [5, 5.41) is 14.7. The molecule has 0 radical (unpaired) electrons. The Kier molecular flexibility index (Phi) is 2.84. The lowest BCUT2D eigenvalue weighted by Crippen LogP contribution is -2.28. The van der Waals surface area contributed by atoms with Crippen molar-refractivity contribution in [2.24, 2.45) is 11.8 Å². The van der Waals surface area contributed by atoms with Crippen molar-refractivity contribution in [1.82, 2.24) is 15.5 Å². The summed E-state index contributed by atoms with van der Waals surface area (Å²) >= 11 is 0. The van der Waals surface area contributed by atoms with E-state index in [9.17, 15) is 9.59 Å². The maximum Gasteiger partial charge on any atom is 0.307 e. The second-order valence-electron chi connectivity index (χ2n) is 3.66. The minimum Gasteiger partial charge on any atom is -0.481 e. The smallest absolute Gasteiger partial charge is 0.307 e. The van der Waals surface area contributed by atoms with Gasteiger partial charge in [0, 0.05) is 13.0 Å². The molecule has 1 aromatic heterocycles. The van der Waals surface area contributed by atoms with E-state index in [0.717, 1.165) is 0 Å². The quantitative estimate of drug-likeness (QED) is 0.696. The summed E-state index contributed by atoms with van der Waals surface area (Å²) in [4.78, 5) is 25.7. The molecular formula is C9H11N3O4. The molecule has 86 valence electrons. The number of carboxylic acids is 1. The predicted octanol–water partition coefficient (Wildman–Crippen LogP) is -0.551. The van der Waals surface area contributed by atoms with Crippen LogP contribution in [0.4, 0.5) is 0 Å². The summed E-state index contributed by atoms with van der Waals surface area (Å²) in [6.45, 7) is 0.379. The minimum absolute atomic E-state index is 0.216. The summed E-state index contributed by atoms with van der Waals surface area (Å²) in [7, 11) is 0. The van der Waals surface area contributed by atoms with Crippen molar-refractivity contribution in [2.75, 3.05) is 6.54 Å². The number of carbonyl (C=O) groups is 2. The van der Waals surface area contributed by atoms with E-state index >= 15 is 0 Å². The molecule has 0 spiro atoms. The average Bonchev–Trinajstić information content (AvgIpc) is 2.90. The SMILES string of the molecule is O=C(O)C1CC1C(=O)NCCc1ncno1. The molecule has 0 saturated heterocycles. The number of aromatic nitrogens is 2. The molecule has 0 bridgehead atoms. The van der Waals surface area contributed by atoms with Crippen LogP contribution in [0.5, 0.6) is 0 Å². The summed E-state index contributed by atoms with van der Waals surface area (Å²) in [5.74, 6) is -1.56. The van der Waals surface area contributed by atoms with Crippen molar-refractivity contribution in [3.8, 4) is 0 Å². The van der Waals surface area contributed by atoms with Crippen molar-refractivity contribution in [3.63, 3.8) is 0 Å². The largest absolute Gasteiger partial charge is 0.481 e. The fourth-order valence-corrected chi connectivity index (χ4v) is 1.49. The molecule has 1 heterocycles. The Hall–Kier alpha value is -1.92. The van der Waals surface area contributed by atoms with Crippen LogP contribution in [0.1, 0.15) is 12.3 Å². The number of nitrogens with one attached hydrogen (secondary N) is 1. The zero-order chi connectivity index (χ0) is 11.5. The van der Waals surface area contributed by atoms with Crippen LogP contribution in [0.2, 0.25) is 0 Å². The molecule has 2 unspecified atom stereocenters. The first-order chi connectivity index (χ1) is 7.68. The van der Waals surface area contributed by atoms with Gasteiger partial charge in [-0.05, 0) is 6.42 Å². The number of nitrogens with zero attached hydrogens (tertiary/aromatic N) is 2. The van der Waals surface area contributed by atoms with Crippen LogP contribution in [0.25, 0.3) is 0 Å². The lowest BCUT2D eigenvalue weighted by molar-refractivity contribution is -0.140. The number of carboxylic acid groups (broad SMARTS) is 1. The third kappa shape index (κ3) is 2.36. The van der Waals surface area contributed by atoms with E-state index in [2.05, 4.69) is 15.5 Å². The van der Waals surface area contributed by atoms with Gasteiger partial charge in [0.2, 0.25) is 11.8 Å². The zero-order valence-electron chi connectivity index (χ0n) is 8.42.